The van der Waals surface area contributed by atoms with Crippen molar-refractivity contribution in [2.45, 2.75) is 38.0 Å². The van der Waals surface area contributed by atoms with Crippen molar-refractivity contribution in [2.75, 3.05) is 11.1 Å². The van der Waals surface area contributed by atoms with Crippen molar-refractivity contribution in [3.8, 4) is 11.1 Å². The van der Waals surface area contributed by atoms with Gasteiger partial charge in [0, 0.05) is 18.4 Å². The fraction of sp³-hybridized carbons (Fsp3) is 0.269. The van der Waals surface area contributed by atoms with E-state index < -0.39 is 5.41 Å². The van der Waals surface area contributed by atoms with Crippen molar-refractivity contribution in [3.05, 3.63) is 71.7 Å². The lowest BCUT2D eigenvalue weighted by molar-refractivity contribution is -0.118. The molecule has 4 aromatic rings. The molecule has 6 nitrogen and oxygen atoms in total. The van der Waals surface area contributed by atoms with Gasteiger partial charge in [-0.1, -0.05) is 38.1 Å². The van der Waals surface area contributed by atoms with Crippen LogP contribution in [0.4, 0.5) is 15.9 Å². The number of aromatic nitrogens is 3. The van der Waals surface area contributed by atoms with E-state index in [1.165, 1.54) is 12.1 Å². The van der Waals surface area contributed by atoms with Crippen LogP contribution in [0.25, 0.3) is 22.2 Å². The average Bonchev–Trinajstić information content (AvgIpc) is 3.55. The quantitative estimate of drug-likeness (QED) is 0.447. The van der Waals surface area contributed by atoms with Crippen molar-refractivity contribution in [1.82, 2.24) is 14.8 Å². The molecule has 5 rings (SSSR count). The molecule has 3 N–H and O–H groups in total. The summed E-state index contributed by atoms with van der Waals surface area (Å²) in [5.74, 6) is 0.259. The minimum absolute atomic E-state index is 0.106. The summed E-state index contributed by atoms with van der Waals surface area (Å²) in [7, 11) is 1.84. The number of fused-ring (bicyclic) bond motifs is 1. The number of rotatable bonds is 5. The Labute approximate surface area is 191 Å². The lowest BCUT2D eigenvalue weighted by Crippen LogP contribution is -2.27. The second-order valence-corrected chi connectivity index (χ2v) is 9.08. The van der Waals surface area contributed by atoms with E-state index in [9.17, 15) is 9.18 Å². The molecule has 0 radical (unpaired) electrons. The highest BCUT2D eigenvalue weighted by Gasteiger charge is 2.51. The first kappa shape index (κ1) is 21.1. The summed E-state index contributed by atoms with van der Waals surface area (Å²) in [6.45, 7) is 4.20. The Morgan fingerprint density at radius 2 is 1.88 bits per heavy atom. The third-order valence-electron chi connectivity index (χ3n) is 6.45. The van der Waals surface area contributed by atoms with E-state index in [1.807, 2.05) is 37.4 Å². The van der Waals surface area contributed by atoms with Crippen molar-refractivity contribution < 1.29 is 9.18 Å². The third-order valence-corrected chi connectivity index (χ3v) is 6.45. The van der Waals surface area contributed by atoms with Crippen LogP contribution >= 0.6 is 0 Å². The molecule has 2 aromatic carbocycles. The van der Waals surface area contributed by atoms with Gasteiger partial charge in [-0.3, -0.25) is 4.79 Å². The SMILES string of the molecule is CC(C)c1cc(-c2ccc(NC(=O)C3(c4cccc(F)c4)CC3)cc2)c2c(N)nn(C)c2n1. The van der Waals surface area contributed by atoms with Crippen LogP contribution in [-0.2, 0) is 17.3 Å². The van der Waals surface area contributed by atoms with Gasteiger partial charge < -0.3 is 11.1 Å². The lowest BCUT2D eigenvalue weighted by atomic mass is 9.94. The number of aryl methyl sites for hydroxylation is 1. The number of anilines is 2. The standard InChI is InChI=1S/C26H26FN5O/c1-15(2)21-14-20(22-23(28)31-32(3)24(22)30-21)16-7-9-19(10-8-16)29-25(33)26(11-12-26)17-5-4-6-18(27)13-17/h4-10,13-15H,11-12H2,1-3H3,(H2,28,31)(H,29,33). The van der Waals surface area contributed by atoms with Crippen LogP contribution in [0.15, 0.2) is 54.6 Å². The van der Waals surface area contributed by atoms with Gasteiger partial charge in [-0.25, -0.2) is 14.1 Å². The normalized spacial score (nSPS) is 14.6. The molecule has 0 bridgehead atoms. The molecule has 2 aromatic heterocycles. The number of pyridine rings is 1. The number of nitrogens with one attached hydrogen (secondary N) is 1. The molecular weight excluding hydrogens is 417 g/mol. The van der Waals surface area contributed by atoms with Gasteiger partial charge in [0.05, 0.1) is 10.8 Å². The highest BCUT2D eigenvalue weighted by atomic mass is 19.1. The molecule has 0 spiro atoms. The predicted octanol–water partition coefficient (Wildman–Crippen LogP) is 5.15. The van der Waals surface area contributed by atoms with Gasteiger partial charge in [-0.2, -0.15) is 5.10 Å². The number of nitrogens with zero attached hydrogens (tertiary/aromatic N) is 3. The maximum Gasteiger partial charge on any atom is 0.235 e. The van der Waals surface area contributed by atoms with Crippen LogP contribution in [0.3, 0.4) is 0 Å². The molecule has 2 heterocycles. The summed E-state index contributed by atoms with van der Waals surface area (Å²) in [4.78, 5) is 17.8. The van der Waals surface area contributed by atoms with E-state index >= 15 is 0 Å². The van der Waals surface area contributed by atoms with Gasteiger partial charge >= 0.3 is 0 Å². The highest BCUT2D eigenvalue weighted by Crippen LogP contribution is 2.49. The number of nitrogen functional groups attached to an aromatic ring is 1. The van der Waals surface area contributed by atoms with E-state index in [1.54, 1.807) is 10.7 Å². The summed E-state index contributed by atoms with van der Waals surface area (Å²) in [5, 5.41) is 8.18. The van der Waals surface area contributed by atoms with Crippen LogP contribution in [0.1, 0.15) is 43.9 Å². The molecule has 7 heteroatoms. The Balaban J connectivity index is 1.45. The van der Waals surface area contributed by atoms with Crippen molar-refractivity contribution >= 4 is 28.4 Å². The van der Waals surface area contributed by atoms with Crippen LogP contribution in [0.5, 0.6) is 0 Å². The monoisotopic (exact) mass is 443 g/mol. The van der Waals surface area contributed by atoms with E-state index in [0.717, 1.165) is 33.4 Å². The molecule has 1 amide bonds. The Morgan fingerprint density at radius 3 is 2.52 bits per heavy atom. The van der Waals surface area contributed by atoms with E-state index in [2.05, 4.69) is 30.3 Å². The van der Waals surface area contributed by atoms with Gasteiger partial charge in [-0.05, 0) is 65.8 Å². The summed E-state index contributed by atoms with van der Waals surface area (Å²) >= 11 is 0. The zero-order valence-corrected chi connectivity index (χ0v) is 18.9. The molecule has 0 saturated heterocycles. The molecule has 168 valence electrons. The molecule has 1 aliphatic carbocycles. The average molecular weight is 444 g/mol. The van der Waals surface area contributed by atoms with Crippen LogP contribution in [0, 0.1) is 5.82 Å². The third kappa shape index (κ3) is 3.63. The van der Waals surface area contributed by atoms with Crippen LogP contribution in [-0.4, -0.2) is 20.7 Å². The molecule has 1 fully saturated rings. The van der Waals surface area contributed by atoms with Gasteiger partial charge in [0.15, 0.2) is 11.5 Å². The van der Waals surface area contributed by atoms with Crippen LogP contribution < -0.4 is 11.1 Å². The Hall–Kier alpha value is -3.74. The minimum atomic E-state index is -0.644. The Bertz CT molecular complexity index is 1370. The largest absolute Gasteiger partial charge is 0.382 e. The fourth-order valence-corrected chi connectivity index (χ4v) is 4.36. The first-order valence-electron chi connectivity index (χ1n) is 11.1. The molecular formula is C26H26FN5O. The van der Waals surface area contributed by atoms with Gasteiger partial charge in [0.2, 0.25) is 5.91 Å². The topological polar surface area (TPSA) is 85.8 Å². The van der Waals surface area contributed by atoms with E-state index in [-0.39, 0.29) is 17.6 Å². The molecule has 33 heavy (non-hydrogen) atoms. The predicted molar refractivity (Wildman–Crippen MR) is 128 cm³/mol. The number of hydrogen-bond donors (Lipinski definition) is 2. The number of carbonyl (C=O) groups is 1. The second kappa shape index (κ2) is 7.69. The first-order chi connectivity index (χ1) is 15.8. The van der Waals surface area contributed by atoms with E-state index in [0.29, 0.717) is 24.3 Å². The number of carbonyl (C=O) groups excluding carboxylic acids is 1. The zero-order chi connectivity index (χ0) is 23.3. The molecule has 0 aliphatic heterocycles. The van der Waals surface area contributed by atoms with Gasteiger partial charge in [0.25, 0.3) is 0 Å². The Morgan fingerprint density at radius 1 is 1.15 bits per heavy atom. The maximum absolute atomic E-state index is 13.7. The molecule has 1 aliphatic rings. The number of hydrogen-bond acceptors (Lipinski definition) is 4. The van der Waals surface area contributed by atoms with Crippen molar-refractivity contribution in [2.24, 2.45) is 7.05 Å². The summed E-state index contributed by atoms with van der Waals surface area (Å²) in [6, 6.07) is 16.1. The second-order valence-electron chi connectivity index (χ2n) is 9.08. The van der Waals surface area contributed by atoms with Gasteiger partial charge in [0.1, 0.15) is 5.82 Å². The number of amides is 1. The van der Waals surface area contributed by atoms with Gasteiger partial charge in [-0.15, -0.1) is 0 Å². The summed E-state index contributed by atoms with van der Waals surface area (Å²) in [5.41, 5.74) is 10.6. The van der Waals surface area contributed by atoms with Crippen LogP contribution in [0.2, 0.25) is 0 Å². The number of nitrogens with two attached hydrogens (primary N) is 1. The van der Waals surface area contributed by atoms with Crippen molar-refractivity contribution in [3.63, 3.8) is 0 Å². The smallest absolute Gasteiger partial charge is 0.235 e. The Kier molecular flexibility index (Phi) is 4.92. The number of halogens is 1. The lowest BCUT2D eigenvalue weighted by Gasteiger charge is -2.16. The molecule has 1 saturated carbocycles. The first-order valence-corrected chi connectivity index (χ1v) is 11.1. The zero-order valence-electron chi connectivity index (χ0n) is 18.9. The summed E-state index contributed by atoms with van der Waals surface area (Å²) < 4.78 is 15.4. The molecule has 0 unspecified atom stereocenters. The summed E-state index contributed by atoms with van der Waals surface area (Å²) in [6.07, 6.45) is 1.43. The van der Waals surface area contributed by atoms with E-state index in [4.69, 9.17) is 10.7 Å². The fourth-order valence-electron chi connectivity index (χ4n) is 4.36. The number of benzene rings is 2. The maximum atomic E-state index is 13.7. The minimum Gasteiger partial charge on any atom is -0.382 e. The highest BCUT2D eigenvalue weighted by molar-refractivity contribution is 6.02. The van der Waals surface area contributed by atoms with Crippen molar-refractivity contribution in [1.29, 1.82) is 0 Å². The molecule has 0 atom stereocenters.